The molecule has 0 fully saturated rings. The summed E-state index contributed by atoms with van der Waals surface area (Å²) in [4.78, 5) is 22.0. The molecule has 2 N–H and O–H groups in total. The summed E-state index contributed by atoms with van der Waals surface area (Å²) in [5.41, 5.74) is 1.23. The van der Waals surface area contributed by atoms with E-state index in [1.54, 1.807) is 6.92 Å². The van der Waals surface area contributed by atoms with Crippen LogP contribution in [-0.2, 0) is 25.0 Å². The predicted molar refractivity (Wildman–Crippen MR) is 133 cm³/mol. The maximum Gasteiger partial charge on any atom is 0.325 e. The van der Waals surface area contributed by atoms with Gasteiger partial charge >= 0.3 is 7.60 Å². The van der Waals surface area contributed by atoms with Crippen LogP contribution in [-0.4, -0.2) is 43.3 Å². The average molecular weight is 468 g/mol. The van der Waals surface area contributed by atoms with Crippen molar-refractivity contribution in [3.63, 3.8) is 0 Å². The van der Waals surface area contributed by atoms with Gasteiger partial charge < -0.3 is 19.5 Å². The summed E-state index contributed by atoms with van der Waals surface area (Å²) in [6.45, 7) is 2.98. The van der Waals surface area contributed by atoms with Crippen LogP contribution in [0.2, 0.25) is 0 Å². The van der Waals surface area contributed by atoms with E-state index in [1.165, 1.54) is 45.0 Å². The van der Waals surface area contributed by atoms with Gasteiger partial charge in [-0.25, -0.2) is 0 Å². The molecule has 3 atom stereocenters. The second kappa shape index (κ2) is 9.78. The smallest absolute Gasteiger partial charge is 0.325 e. The normalized spacial score (nSPS) is 15.6. The minimum atomic E-state index is -3.66. The van der Waals surface area contributed by atoms with E-state index >= 15 is 0 Å². The monoisotopic (exact) mass is 467 g/mol. The van der Waals surface area contributed by atoms with Crippen LogP contribution in [0.15, 0.2) is 54.6 Å². The molecule has 4 aromatic rings. The quantitative estimate of drug-likeness (QED) is 0.246. The van der Waals surface area contributed by atoms with Crippen molar-refractivity contribution in [3.05, 3.63) is 60.2 Å². The number of aryl methyl sites for hydroxylation is 1. The maximum absolute atomic E-state index is 12.6. The molecule has 0 spiro atoms. The van der Waals surface area contributed by atoms with Crippen LogP contribution in [0.4, 0.5) is 0 Å². The summed E-state index contributed by atoms with van der Waals surface area (Å²) < 4.78 is 21.9. The zero-order valence-corrected chi connectivity index (χ0v) is 20.1. The van der Waals surface area contributed by atoms with Crippen LogP contribution in [0.3, 0.4) is 0 Å². The molecule has 4 rings (SSSR count). The molecule has 33 heavy (non-hydrogen) atoms. The molecule has 0 radical (unpaired) electrons. The summed E-state index contributed by atoms with van der Waals surface area (Å²) in [5.74, 6) is -0.130. The lowest BCUT2D eigenvalue weighted by Crippen LogP contribution is -2.45. The summed E-state index contributed by atoms with van der Waals surface area (Å²) in [6, 6.07) is 18.9. The molecule has 7 heteroatoms. The fourth-order valence-corrected chi connectivity index (χ4v) is 5.35. The fourth-order valence-electron chi connectivity index (χ4n) is 4.59. The van der Waals surface area contributed by atoms with E-state index in [9.17, 15) is 14.3 Å². The molecule has 0 aliphatic heterocycles. The molecule has 6 nitrogen and oxygen atoms in total. The average Bonchev–Trinajstić information content (AvgIpc) is 2.77. The Bertz CT molecular complexity index is 1300. The lowest BCUT2D eigenvalue weighted by molar-refractivity contribution is -0.123. The first-order valence-corrected chi connectivity index (χ1v) is 13.2. The summed E-state index contributed by atoms with van der Waals surface area (Å²) in [7, 11) is -2.14. The van der Waals surface area contributed by atoms with Crippen molar-refractivity contribution in [2.75, 3.05) is 20.4 Å². The second-order valence-electron chi connectivity index (χ2n) is 8.68. The van der Waals surface area contributed by atoms with E-state index < -0.39 is 19.7 Å². The number of hydrogen-bond acceptors (Lipinski definition) is 4. The topological polar surface area (TPSA) is 84.9 Å². The largest absolute Gasteiger partial charge is 0.382 e. The van der Waals surface area contributed by atoms with Crippen molar-refractivity contribution in [1.29, 1.82) is 0 Å². The minimum absolute atomic E-state index is 0.130. The van der Waals surface area contributed by atoms with E-state index in [2.05, 4.69) is 59.9 Å². The third-order valence-electron chi connectivity index (χ3n) is 6.09. The number of hydrogen-bond donors (Lipinski definition) is 2. The molecule has 1 amide bonds. The Morgan fingerprint density at radius 1 is 1.03 bits per heavy atom. The highest BCUT2D eigenvalue weighted by Crippen LogP contribution is 2.39. The van der Waals surface area contributed by atoms with Gasteiger partial charge in [0.15, 0.2) is 0 Å². The zero-order valence-electron chi connectivity index (χ0n) is 19.2. The third-order valence-corrected chi connectivity index (χ3v) is 6.81. The van der Waals surface area contributed by atoms with Gasteiger partial charge in [-0.2, -0.15) is 0 Å². The molecule has 0 heterocycles. The molecular formula is C26H30NO5P. The third kappa shape index (κ3) is 5.36. The lowest BCUT2D eigenvalue weighted by atomic mass is 9.90. The molecule has 174 valence electrons. The Hall–Kier alpha value is -2.50. The Labute approximate surface area is 193 Å². The van der Waals surface area contributed by atoms with Gasteiger partial charge in [0.25, 0.3) is 0 Å². The Kier molecular flexibility index (Phi) is 7.01. The van der Waals surface area contributed by atoms with Crippen LogP contribution in [0.25, 0.3) is 32.3 Å². The van der Waals surface area contributed by atoms with Gasteiger partial charge in [0, 0.05) is 20.2 Å². The molecule has 0 saturated carbocycles. The Balaban J connectivity index is 1.45. The SMILES string of the molecule is COC[C@H](NC(=O)CCCc1ccc2ccc3cccc4ccc1c2c34)[C@H](C)OP(C)(=O)O. The van der Waals surface area contributed by atoms with Crippen molar-refractivity contribution < 1.29 is 23.5 Å². The Morgan fingerprint density at radius 3 is 2.33 bits per heavy atom. The zero-order chi connectivity index (χ0) is 23.6. The molecule has 1 unspecified atom stereocenters. The van der Waals surface area contributed by atoms with Crippen molar-refractivity contribution in [1.82, 2.24) is 5.32 Å². The summed E-state index contributed by atoms with van der Waals surface area (Å²) in [6.07, 6.45) is 1.17. The molecule has 0 saturated heterocycles. The van der Waals surface area contributed by atoms with Gasteiger partial charge in [-0.15, -0.1) is 0 Å². The van der Waals surface area contributed by atoms with Gasteiger partial charge in [0.2, 0.25) is 5.91 Å². The van der Waals surface area contributed by atoms with Crippen LogP contribution in [0.1, 0.15) is 25.3 Å². The van der Waals surface area contributed by atoms with E-state index in [1.807, 2.05) is 0 Å². The molecule has 0 aliphatic carbocycles. The van der Waals surface area contributed by atoms with Gasteiger partial charge in [-0.1, -0.05) is 54.6 Å². The highest BCUT2D eigenvalue weighted by Gasteiger charge is 2.25. The van der Waals surface area contributed by atoms with E-state index in [4.69, 9.17) is 9.26 Å². The van der Waals surface area contributed by atoms with E-state index in [-0.39, 0.29) is 12.5 Å². The van der Waals surface area contributed by atoms with Gasteiger partial charge in [-0.05, 0) is 57.6 Å². The van der Waals surface area contributed by atoms with Gasteiger partial charge in [0.05, 0.1) is 18.8 Å². The van der Waals surface area contributed by atoms with Crippen LogP contribution in [0, 0.1) is 0 Å². The summed E-state index contributed by atoms with van der Waals surface area (Å²) >= 11 is 0. The predicted octanol–water partition coefficient (Wildman–Crippen LogP) is 5.26. The van der Waals surface area contributed by atoms with Crippen molar-refractivity contribution in [3.8, 4) is 0 Å². The molecule has 0 bridgehead atoms. The van der Waals surface area contributed by atoms with Gasteiger partial charge in [-0.3, -0.25) is 9.36 Å². The summed E-state index contributed by atoms with van der Waals surface area (Å²) in [5, 5.41) is 10.4. The first kappa shape index (κ1) is 23.7. The molecule has 4 aromatic carbocycles. The van der Waals surface area contributed by atoms with Crippen molar-refractivity contribution in [2.45, 2.75) is 38.3 Å². The highest BCUT2D eigenvalue weighted by atomic mass is 31.2. The number of ether oxygens (including phenoxy) is 1. The highest BCUT2D eigenvalue weighted by molar-refractivity contribution is 7.51. The maximum atomic E-state index is 12.6. The van der Waals surface area contributed by atoms with E-state index in [0.29, 0.717) is 12.8 Å². The first-order chi connectivity index (χ1) is 15.8. The van der Waals surface area contributed by atoms with E-state index in [0.717, 1.165) is 13.1 Å². The Morgan fingerprint density at radius 2 is 1.67 bits per heavy atom. The molecular weight excluding hydrogens is 437 g/mol. The minimum Gasteiger partial charge on any atom is -0.382 e. The van der Waals surface area contributed by atoms with Crippen molar-refractivity contribution in [2.24, 2.45) is 0 Å². The number of carbonyl (C=O) groups is 1. The first-order valence-electron chi connectivity index (χ1n) is 11.2. The number of amides is 1. The standard InChI is InChI=1S/C26H30NO5P/c1-17(32-33(3,29)30)23(16-31-2)27-24(28)9-5-6-18-10-11-21-13-12-19-7-4-8-20-14-15-22(18)26(21)25(19)20/h4,7-8,10-15,17,23H,5-6,9,16H2,1-3H3,(H,27,28)(H,29,30)/t17-,23-/m0/s1. The van der Waals surface area contributed by atoms with Crippen LogP contribution >= 0.6 is 7.60 Å². The molecule has 0 aromatic heterocycles. The van der Waals surface area contributed by atoms with Crippen LogP contribution in [0.5, 0.6) is 0 Å². The van der Waals surface area contributed by atoms with Crippen LogP contribution < -0.4 is 5.32 Å². The van der Waals surface area contributed by atoms with Crippen molar-refractivity contribution >= 4 is 45.8 Å². The lowest BCUT2D eigenvalue weighted by Gasteiger charge is -2.25. The number of benzene rings is 4. The number of rotatable bonds is 10. The number of nitrogens with one attached hydrogen (secondary N) is 1. The molecule has 0 aliphatic rings. The number of carbonyl (C=O) groups excluding carboxylic acids is 1. The second-order valence-corrected chi connectivity index (χ2v) is 10.5. The fraction of sp³-hybridized carbons (Fsp3) is 0.346. The van der Waals surface area contributed by atoms with Gasteiger partial charge in [0.1, 0.15) is 0 Å². The number of methoxy groups -OCH3 is 1.